The van der Waals surface area contributed by atoms with Crippen LogP contribution >= 0.6 is 34.8 Å². The molecule has 2 amide bonds. The second-order valence-corrected chi connectivity index (χ2v) is 11.4. The highest BCUT2D eigenvalue weighted by Crippen LogP contribution is 2.28. The van der Waals surface area contributed by atoms with Gasteiger partial charge < -0.3 is 15.0 Å². The zero-order valence-electron chi connectivity index (χ0n) is 20.8. The molecule has 1 atom stereocenters. The van der Waals surface area contributed by atoms with Crippen LogP contribution in [0, 0.1) is 0 Å². The summed E-state index contributed by atoms with van der Waals surface area (Å²) in [5, 5.41) is 3.52. The minimum absolute atomic E-state index is 0.0577. The molecule has 0 aliphatic heterocycles. The van der Waals surface area contributed by atoms with E-state index >= 15 is 0 Å². The number of hydrogen-bond donors (Lipinski definition) is 1. The van der Waals surface area contributed by atoms with Crippen molar-refractivity contribution in [2.45, 2.75) is 24.4 Å². The molecule has 0 radical (unpaired) electrons. The predicted octanol–water partition coefficient (Wildman–Crippen LogP) is 5.01. The fraction of sp³-hybridized carbons (Fsp3) is 0.231. The molecule has 38 heavy (non-hydrogen) atoms. The number of likely N-dealkylation sites (N-methyl/N-ethyl adjacent to an activating group) is 1. The summed E-state index contributed by atoms with van der Waals surface area (Å²) in [6.45, 7) is 0.874. The summed E-state index contributed by atoms with van der Waals surface area (Å²) >= 11 is 18.5. The summed E-state index contributed by atoms with van der Waals surface area (Å²) in [6.07, 6.45) is 0. The largest absolute Gasteiger partial charge is 0.497 e. The van der Waals surface area contributed by atoms with Crippen LogP contribution in [0.5, 0.6) is 5.75 Å². The first-order valence-electron chi connectivity index (χ1n) is 11.3. The van der Waals surface area contributed by atoms with Gasteiger partial charge in [0.2, 0.25) is 11.8 Å². The minimum Gasteiger partial charge on any atom is -0.497 e. The van der Waals surface area contributed by atoms with E-state index in [-0.39, 0.29) is 22.2 Å². The van der Waals surface area contributed by atoms with Crippen molar-refractivity contribution in [2.75, 3.05) is 25.0 Å². The normalized spacial score (nSPS) is 11.9. The molecule has 0 heterocycles. The lowest BCUT2D eigenvalue weighted by Gasteiger charge is -2.32. The Kier molecular flexibility index (Phi) is 9.89. The van der Waals surface area contributed by atoms with E-state index in [1.807, 2.05) is 0 Å². The standard InChI is InChI=1S/C26H26Cl3N3O5S/c1-17(26(34)30-2)31(15-18-7-8-20(28)14-24(18)29)25(33)16-32(21-6-4-5-19(27)13-21)38(35,36)23-11-9-22(37-3)10-12-23/h4-14,17H,15-16H2,1-3H3,(H,30,34)/t17-/m0/s1. The number of anilines is 1. The Hall–Kier alpha value is -2.98. The molecule has 202 valence electrons. The lowest BCUT2D eigenvalue weighted by molar-refractivity contribution is -0.139. The van der Waals surface area contributed by atoms with Crippen molar-refractivity contribution >= 4 is 62.3 Å². The monoisotopic (exact) mass is 597 g/mol. The Morgan fingerprint density at radius 1 is 0.974 bits per heavy atom. The van der Waals surface area contributed by atoms with E-state index in [1.54, 1.807) is 31.2 Å². The fourth-order valence-corrected chi connectivity index (χ4v) is 5.72. The van der Waals surface area contributed by atoms with Gasteiger partial charge in [-0.1, -0.05) is 46.9 Å². The minimum atomic E-state index is -4.24. The topological polar surface area (TPSA) is 96.0 Å². The number of hydrogen-bond acceptors (Lipinski definition) is 5. The molecule has 0 saturated carbocycles. The van der Waals surface area contributed by atoms with E-state index in [0.29, 0.717) is 21.4 Å². The van der Waals surface area contributed by atoms with Crippen LogP contribution in [-0.4, -0.2) is 51.9 Å². The molecule has 0 aromatic heterocycles. The molecule has 3 aromatic carbocycles. The summed E-state index contributed by atoms with van der Waals surface area (Å²) < 4.78 is 33.6. The van der Waals surface area contributed by atoms with Crippen LogP contribution in [0.25, 0.3) is 0 Å². The maximum Gasteiger partial charge on any atom is 0.264 e. The molecule has 8 nitrogen and oxygen atoms in total. The van der Waals surface area contributed by atoms with Crippen LogP contribution in [0.15, 0.2) is 71.6 Å². The van der Waals surface area contributed by atoms with Gasteiger partial charge in [0, 0.05) is 28.7 Å². The van der Waals surface area contributed by atoms with Crippen molar-refractivity contribution in [2.24, 2.45) is 0 Å². The summed E-state index contributed by atoms with van der Waals surface area (Å²) in [5.41, 5.74) is 0.714. The van der Waals surface area contributed by atoms with E-state index in [9.17, 15) is 18.0 Å². The van der Waals surface area contributed by atoms with Gasteiger partial charge >= 0.3 is 0 Å². The number of methoxy groups -OCH3 is 1. The Labute approximate surface area is 237 Å². The van der Waals surface area contributed by atoms with Crippen LogP contribution in [0.3, 0.4) is 0 Å². The van der Waals surface area contributed by atoms with Gasteiger partial charge in [-0.2, -0.15) is 0 Å². The van der Waals surface area contributed by atoms with Crippen LogP contribution < -0.4 is 14.4 Å². The molecule has 0 unspecified atom stereocenters. The van der Waals surface area contributed by atoms with Gasteiger partial charge in [-0.15, -0.1) is 0 Å². The number of nitrogens with zero attached hydrogens (tertiary/aromatic N) is 2. The Bertz CT molecular complexity index is 1420. The SMILES string of the molecule is CNC(=O)[C@H](C)N(Cc1ccc(Cl)cc1Cl)C(=O)CN(c1cccc(Cl)c1)S(=O)(=O)c1ccc(OC)cc1. The lowest BCUT2D eigenvalue weighted by Crippen LogP contribution is -2.50. The average Bonchev–Trinajstić information content (AvgIpc) is 2.90. The van der Waals surface area contributed by atoms with Crippen molar-refractivity contribution < 1.29 is 22.7 Å². The number of halogens is 3. The van der Waals surface area contributed by atoms with E-state index in [1.165, 1.54) is 61.5 Å². The van der Waals surface area contributed by atoms with Gasteiger partial charge in [0.1, 0.15) is 18.3 Å². The summed E-state index contributed by atoms with van der Waals surface area (Å²) in [7, 11) is -1.32. The number of nitrogens with one attached hydrogen (secondary N) is 1. The van der Waals surface area contributed by atoms with Crippen molar-refractivity contribution in [3.05, 3.63) is 87.4 Å². The van der Waals surface area contributed by atoms with Crippen LogP contribution in [-0.2, 0) is 26.2 Å². The van der Waals surface area contributed by atoms with Crippen molar-refractivity contribution in [1.29, 1.82) is 0 Å². The Morgan fingerprint density at radius 3 is 2.21 bits per heavy atom. The van der Waals surface area contributed by atoms with E-state index in [4.69, 9.17) is 39.5 Å². The first-order chi connectivity index (χ1) is 18.0. The van der Waals surface area contributed by atoms with Crippen LogP contribution in [0.4, 0.5) is 5.69 Å². The first-order valence-corrected chi connectivity index (χ1v) is 13.9. The van der Waals surface area contributed by atoms with Gasteiger partial charge in [-0.05, 0) is 67.1 Å². The molecule has 3 aromatic rings. The highest BCUT2D eigenvalue weighted by molar-refractivity contribution is 7.92. The number of benzene rings is 3. The smallest absolute Gasteiger partial charge is 0.264 e. The lowest BCUT2D eigenvalue weighted by atomic mass is 10.1. The number of ether oxygens (including phenoxy) is 1. The zero-order chi connectivity index (χ0) is 28.0. The number of rotatable bonds is 10. The number of amides is 2. The highest BCUT2D eigenvalue weighted by Gasteiger charge is 2.32. The molecule has 1 N–H and O–H groups in total. The second-order valence-electron chi connectivity index (χ2n) is 8.21. The fourth-order valence-electron chi connectivity index (χ4n) is 3.66. The third-order valence-electron chi connectivity index (χ3n) is 5.79. The van der Waals surface area contributed by atoms with E-state index in [0.717, 1.165) is 4.31 Å². The number of carbonyl (C=O) groups is 2. The third kappa shape index (κ3) is 6.91. The number of carbonyl (C=O) groups excluding carboxylic acids is 2. The molecule has 0 aliphatic carbocycles. The third-order valence-corrected chi connectivity index (χ3v) is 8.40. The van der Waals surface area contributed by atoms with Gasteiger partial charge in [0.15, 0.2) is 0 Å². The molecule has 0 fully saturated rings. The zero-order valence-corrected chi connectivity index (χ0v) is 23.9. The maximum absolute atomic E-state index is 13.8. The van der Waals surface area contributed by atoms with Crippen LogP contribution in [0.1, 0.15) is 12.5 Å². The van der Waals surface area contributed by atoms with Crippen LogP contribution in [0.2, 0.25) is 15.1 Å². The highest BCUT2D eigenvalue weighted by atomic mass is 35.5. The molecule has 12 heteroatoms. The van der Waals surface area contributed by atoms with E-state index in [2.05, 4.69) is 5.32 Å². The molecule has 0 bridgehead atoms. The molecule has 0 aliphatic rings. The quantitative estimate of drug-likeness (QED) is 0.354. The van der Waals surface area contributed by atoms with Gasteiger partial charge in [0.05, 0.1) is 17.7 Å². The maximum atomic E-state index is 13.8. The molecule has 0 saturated heterocycles. The molecule has 3 rings (SSSR count). The van der Waals surface area contributed by atoms with E-state index < -0.39 is 34.4 Å². The van der Waals surface area contributed by atoms with Crippen molar-refractivity contribution in [3.8, 4) is 5.75 Å². The Morgan fingerprint density at radius 2 is 1.63 bits per heavy atom. The predicted molar refractivity (Wildman–Crippen MR) is 150 cm³/mol. The first kappa shape index (κ1) is 29.6. The number of sulfonamides is 1. The van der Waals surface area contributed by atoms with Crippen molar-refractivity contribution in [1.82, 2.24) is 10.2 Å². The van der Waals surface area contributed by atoms with Gasteiger partial charge in [-0.3, -0.25) is 13.9 Å². The summed E-state index contributed by atoms with van der Waals surface area (Å²) in [4.78, 5) is 27.5. The summed E-state index contributed by atoms with van der Waals surface area (Å²) in [5.74, 6) is -0.598. The second kappa shape index (κ2) is 12.7. The summed E-state index contributed by atoms with van der Waals surface area (Å²) in [6, 6.07) is 15.8. The van der Waals surface area contributed by atoms with Crippen molar-refractivity contribution in [3.63, 3.8) is 0 Å². The Balaban J connectivity index is 2.05. The molecule has 0 spiro atoms. The molecular formula is C26H26Cl3N3O5S. The molecular weight excluding hydrogens is 573 g/mol. The van der Waals surface area contributed by atoms with Gasteiger partial charge in [-0.25, -0.2) is 8.42 Å². The average molecular weight is 599 g/mol. The van der Waals surface area contributed by atoms with Gasteiger partial charge in [0.25, 0.3) is 10.0 Å².